The van der Waals surface area contributed by atoms with E-state index in [1.165, 1.54) is 24.6 Å². The third kappa shape index (κ3) is 4.59. The molecule has 2 fully saturated rings. The van der Waals surface area contributed by atoms with E-state index in [4.69, 9.17) is 0 Å². The van der Waals surface area contributed by atoms with Crippen molar-refractivity contribution in [2.75, 3.05) is 24.6 Å². The number of hydrogen-bond donors (Lipinski definition) is 2. The Morgan fingerprint density at radius 1 is 1.23 bits per heavy atom. The first kappa shape index (κ1) is 20.7. The number of hydrogen-bond acceptors (Lipinski definition) is 4. The lowest BCUT2D eigenvalue weighted by Gasteiger charge is -2.29. The van der Waals surface area contributed by atoms with Crippen molar-refractivity contribution < 1.29 is 23.1 Å². The summed E-state index contributed by atoms with van der Waals surface area (Å²) in [6.45, 7) is 0.348. The molecule has 2 heterocycles. The molecule has 1 aromatic heterocycles. The molecule has 8 heteroatoms. The molecule has 0 spiro atoms. The van der Waals surface area contributed by atoms with Gasteiger partial charge in [-0.05, 0) is 42.4 Å². The number of aliphatic hydroxyl groups is 1. The van der Waals surface area contributed by atoms with E-state index in [0.29, 0.717) is 24.6 Å². The van der Waals surface area contributed by atoms with Gasteiger partial charge >= 0.3 is 6.18 Å². The van der Waals surface area contributed by atoms with Crippen molar-refractivity contribution in [3.05, 3.63) is 59.4 Å². The van der Waals surface area contributed by atoms with E-state index >= 15 is 0 Å². The maximum absolute atomic E-state index is 13.0. The third-order valence-electron chi connectivity index (χ3n) is 5.87. The van der Waals surface area contributed by atoms with Gasteiger partial charge in [0, 0.05) is 19.3 Å². The molecule has 0 unspecified atom stereocenters. The standard InChI is InChI=1S/C22H24F3N3O2/c23-22(24,25)18-10-19(12-26-11-18)28-8-7-21(13-28,14-29)27-20(30)9-15-1-3-16(4-2-15)17-5-6-17/h1-4,10-12,17,29H,5-9,13-14H2,(H,27,30)/t21-/m1/s1. The Morgan fingerprint density at radius 3 is 2.60 bits per heavy atom. The Bertz CT molecular complexity index is 913. The Hall–Kier alpha value is -2.61. The highest BCUT2D eigenvalue weighted by atomic mass is 19.4. The number of carbonyl (C=O) groups is 1. The molecule has 4 rings (SSSR count). The van der Waals surface area contributed by atoms with Gasteiger partial charge in [-0.2, -0.15) is 13.2 Å². The summed E-state index contributed by atoms with van der Waals surface area (Å²) < 4.78 is 38.9. The number of halogens is 3. The van der Waals surface area contributed by atoms with Gasteiger partial charge in [-0.1, -0.05) is 24.3 Å². The second-order valence-corrected chi connectivity index (χ2v) is 8.28. The van der Waals surface area contributed by atoms with E-state index in [2.05, 4.69) is 22.4 Å². The highest BCUT2D eigenvalue weighted by molar-refractivity contribution is 5.79. The van der Waals surface area contributed by atoms with Crippen molar-refractivity contribution in [1.82, 2.24) is 10.3 Å². The van der Waals surface area contributed by atoms with Crippen LogP contribution in [0.1, 0.15) is 41.9 Å². The number of carbonyl (C=O) groups excluding carboxylic acids is 1. The summed E-state index contributed by atoms with van der Waals surface area (Å²) in [6, 6.07) is 9.06. The summed E-state index contributed by atoms with van der Waals surface area (Å²) in [5.74, 6) is 0.438. The van der Waals surface area contributed by atoms with Gasteiger partial charge in [-0.25, -0.2) is 0 Å². The average Bonchev–Trinajstić information content (AvgIpc) is 3.48. The number of rotatable bonds is 6. The largest absolute Gasteiger partial charge is 0.417 e. The molecule has 2 aromatic rings. The summed E-state index contributed by atoms with van der Waals surface area (Å²) in [6.07, 6.45) is 0.749. The summed E-state index contributed by atoms with van der Waals surface area (Å²) in [4.78, 5) is 18.0. The van der Waals surface area contributed by atoms with Gasteiger partial charge in [0.25, 0.3) is 0 Å². The van der Waals surface area contributed by atoms with Crippen molar-refractivity contribution in [3.63, 3.8) is 0 Å². The van der Waals surface area contributed by atoms with Crippen LogP contribution in [0.5, 0.6) is 0 Å². The fraction of sp³-hybridized carbons (Fsp3) is 0.455. The van der Waals surface area contributed by atoms with Gasteiger partial charge in [0.05, 0.1) is 36.0 Å². The van der Waals surface area contributed by atoms with Crippen LogP contribution in [0.15, 0.2) is 42.7 Å². The van der Waals surface area contributed by atoms with Crippen molar-refractivity contribution in [1.29, 1.82) is 0 Å². The van der Waals surface area contributed by atoms with Crippen LogP contribution < -0.4 is 10.2 Å². The third-order valence-corrected chi connectivity index (χ3v) is 5.87. The number of amides is 1. The number of anilines is 1. The topological polar surface area (TPSA) is 65.5 Å². The second-order valence-electron chi connectivity index (χ2n) is 8.28. The molecule has 1 aromatic carbocycles. The predicted molar refractivity (Wildman–Crippen MR) is 106 cm³/mol. The molecule has 0 bridgehead atoms. The first-order valence-corrected chi connectivity index (χ1v) is 10.1. The number of aromatic nitrogens is 1. The fourth-order valence-corrected chi connectivity index (χ4v) is 3.97. The lowest BCUT2D eigenvalue weighted by atomic mass is 9.99. The zero-order chi connectivity index (χ0) is 21.4. The van der Waals surface area contributed by atoms with Crippen LogP contribution in [0, 0.1) is 0 Å². The first-order chi connectivity index (χ1) is 14.3. The first-order valence-electron chi connectivity index (χ1n) is 10.1. The highest BCUT2D eigenvalue weighted by Gasteiger charge is 2.40. The zero-order valence-electron chi connectivity index (χ0n) is 16.5. The molecule has 5 nitrogen and oxygen atoms in total. The van der Waals surface area contributed by atoms with Crippen LogP contribution in [-0.4, -0.2) is 41.2 Å². The number of alkyl halides is 3. The van der Waals surface area contributed by atoms with Crippen molar-refractivity contribution in [2.24, 2.45) is 0 Å². The van der Waals surface area contributed by atoms with Gasteiger partial charge in [0.1, 0.15) is 0 Å². The minimum absolute atomic E-state index is 0.192. The number of benzene rings is 1. The van der Waals surface area contributed by atoms with Gasteiger partial charge < -0.3 is 15.3 Å². The van der Waals surface area contributed by atoms with Gasteiger partial charge in [0.15, 0.2) is 0 Å². The molecule has 1 atom stereocenters. The summed E-state index contributed by atoms with van der Waals surface area (Å²) in [5, 5.41) is 12.9. The summed E-state index contributed by atoms with van der Waals surface area (Å²) in [5.41, 5.74) is 0.804. The molecule has 2 N–H and O–H groups in total. The molecule has 1 saturated heterocycles. The molecular weight excluding hydrogens is 395 g/mol. The molecule has 160 valence electrons. The highest BCUT2D eigenvalue weighted by Crippen LogP contribution is 2.40. The van der Waals surface area contributed by atoms with Crippen molar-refractivity contribution >= 4 is 11.6 Å². The maximum Gasteiger partial charge on any atom is 0.417 e. The Kier molecular flexibility index (Phi) is 5.44. The summed E-state index contributed by atoms with van der Waals surface area (Å²) in [7, 11) is 0. The van der Waals surface area contributed by atoms with Crippen LogP contribution in [0.4, 0.5) is 18.9 Å². The fourth-order valence-electron chi connectivity index (χ4n) is 3.97. The van der Waals surface area contributed by atoms with Gasteiger partial charge in [0.2, 0.25) is 5.91 Å². The Labute approximate surface area is 172 Å². The average molecular weight is 419 g/mol. The van der Waals surface area contributed by atoms with E-state index in [1.807, 2.05) is 12.1 Å². The van der Waals surface area contributed by atoms with E-state index < -0.39 is 17.3 Å². The van der Waals surface area contributed by atoms with E-state index in [0.717, 1.165) is 17.8 Å². The van der Waals surface area contributed by atoms with Crippen molar-refractivity contribution in [3.8, 4) is 0 Å². The number of nitrogens with one attached hydrogen (secondary N) is 1. The molecule has 2 aliphatic rings. The van der Waals surface area contributed by atoms with Crippen LogP contribution in [0.2, 0.25) is 0 Å². The monoisotopic (exact) mass is 419 g/mol. The minimum Gasteiger partial charge on any atom is -0.394 e. The van der Waals surface area contributed by atoms with E-state index in [1.54, 1.807) is 4.90 Å². The smallest absolute Gasteiger partial charge is 0.394 e. The lowest BCUT2D eigenvalue weighted by molar-refractivity contribution is -0.137. The van der Waals surface area contributed by atoms with Crippen LogP contribution in [0.25, 0.3) is 0 Å². The molecule has 1 aliphatic carbocycles. The molecule has 1 saturated carbocycles. The quantitative estimate of drug-likeness (QED) is 0.754. The SMILES string of the molecule is O=C(Cc1ccc(C2CC2)cc1)N[C@]1(CO)CCN(c2cncc(C(F)(F)F)c2)C1. The second kappa shape index (κ2) is 7.91. The number of nitrogens with zero attached hydrogens (tertiary/aromatic N) is 2. The lowest BCUT2D eigenvalue weighted by Crippen LogP contribution is -2.53. The van der Waals surface area contributed by atoms with Gasteiger partial charge in [-0.3, -0.25) is 9.78 Å². The molecule has 30 heavy (non-hydrogen) atoms. The zero-order valence-corrected chi connectivity index (χ0v) is 16.5. The molecule has 1 amide bonds. The number of aliphatic hydroxyl groups excluding tert-OH is 1. The Morgan fingerprint density at radius 2 is 1.97 bits per heavy atom. The molecule has 1 aliphatic heterocycles. The minimum atomic E-state index is -4.47. The van der Waals surface area contributed by atoms with Crippen LogP contribution >= 0.6 is 0 Å². The van der Waals surface area contributed by atoms with E-state index in [-0.39, 0.29) is 25.5 Å². The molecule has 0 radical (unpaired) electrons. The molecular formula is C22H24F3N3O2. The Balaban J connectivity index is 1.40. The van der Waals surface area contributed by atoms with Crippen LogP contribution in [-0.2, 0) is 17.4 Å². The normalized spacial score (nSPS) is 21.7. The van der Waals surface area contributed by atoms with Crippen molar-refractivity contribution in [2.45, 2.75) is 43.3 Å². The van der Waals surface area contributed by atoms with Crippen LogP contribution in [0.3, 0.4) is 0 Å². The summed E-state index contributed by atoms with van der Waals surface area (Å²) >= 11 is 0. The maximum atomic E-state index is 13.0. The predicted octanol–water partition coefficient (Wildman–Crippen LogP) is 3.28. The number of pyridine rings is 1. The van der Waals surface area contributed by atoms with Gasteiger partial charge in [-0.15, -0.1) is 0 Å². The van der Waals surface area contributed by atoms with E-state index in [9.17, 15) is 23.1 Å².